The standard InChI is InChI=1S/C11H9N7O/c19-11(10-14-16-17-15-10)13-8-4-1-2-5-9(8)18-7-3-6-12-18/h1-7H,(H,13,19)(H,14,15,16,17). The predicted molar refractivity (Wildman–Crippen MR) is 65.7 cm³/mol. The molecule has 0 aliphatic heterocycles. The van der Waals surface area contributed by atoms with Crippen LogP contribution in [-0.4, -0.2) is 36.3 Å². The van der Waals surface area contributed by atoms with Gasteiger partial charge in [0.05, 0.1) is 11.4 Å². The Morgan fingerprint density at radius 2 is 2.16 bits per heavy atom. The summed E-state index contributed by atoms with van der Waals surface area (Å²) in [6.07, 6.45) is 3.46. The highest BCUT2D eigenvalue weighted by molar-refractivity contribution is 6.02. The summed E-state index contributed by atoms with van der Waals surface area (Å²) in [6.45, 7) is 0. The van der Waals surface area contributed by atoms with E-state index in [0.29, 0.717) is 5.69 Å². The van der Waals surface area contributed by atoms with Crippen LogP contribution in [0.5, 0.6) is 0 Å². The number of nitrogens with zero attached hydrogens (tertiary/aromatic N) is 5. The molecule has 0 bridgehead atoms. The topological polar surface area (TPSA) is 101 Å². The van der Waals surface area contributed by atoms with E-state index in [2.05, 4.69) is 31.0 Å². The van der Waals surface area contributed by atoms with Gasteiger partial charge in [0.25, 0.3) is 11.7 Å². The summed E-state index contributed by atoms with van der Waals surface area (Å²) >= 11 is 0. The summed E-state index contributed by atoms with van der Waals surface area (Å²) in [5.41, 5.74) is 1.37. The Kier molecular flexibility index (Phi) is 2.73. The second-order valence-electron chi connectivity index (χ2n) is 3.66. The second kappa shape index (κ2) is 4.69. The molecule has 0 fully saturated rings. The highest BCUT2D eigenvalue weighted by Crippen LogP contribution is 2.19. The fraction of sp³-hybridized carbons (Fsp3) is 0. The fourth-order valence-corrected chi connectivity index (χ4v) is 1.63. The van der Waals surface area contributed by atoms with Crippen LogP contribution < -0.4 is 5.32 Å². The van der Waals surface area contributed by atoms with Gasteiger partial charge in [-0.25, -0.2) is 4.68 Å². The zero-order valence-electron chi connectivity index (χ0n) is 9.69. The van der Waals surface area contributed by atoms with Crippen LogP contribution in [0.25, 0.3) is 5.69 Å². The first kappa shape index (κ1) is 11.1. The number of tetrazole rings is 1. The van der Waals surface area contributed by atoms with Crippen molar-refractivity contribution in [2.45, 2.75) is 0 Å². The molecule has 0 spiro atoms. The third kappa shape index (κ3) is 2.18. The highest BCUT2D eigenvalue weighted by Gasteiger charge is 2.13. The summed E-state index contributed by atoms with van der Waals surface area (Å²) in [6, 6.07) is 9.10. The van der Waals surface area contributed by atoms with Gasteiger partial charge in [0.2, 0.25) is 0 Å². The van der Waals surface area contributed by atoms with Crippen molar-refractivity contribution in [2.75, 3.05) is 5.32 Å². The number of nitrogens with one attached hydrogen (secondary N) is 2. The molecule has 0 atom stereocenters. The zero-order chi connectivity index (χ0) is 13.1. The molecular weight excluding hydrogens is 246 g/mol. The second-order valence-corrected chi connectivity index (χ2v) is 3.66. The maximum Gasteiger partial charge on any atom is 0.297 e. The average molecular weight is 255 g/mol. The lowest BCUT2D eigenvalue weighted by Crippen LogP contribution is -2.15. The smallest absolute Gasteiger partial charge is 0.297 e. The zero-order valence-corrected chi connectivity index (χ0v) is 9.69. The van der Waals surface area contributed by atoms with Gasteiger partial charge < -0.3 is 5.32 Å². The largest absolute Gasteiger partial charge is 0.317 e. The van der Waals surface area contributed by atoms with Crippen LogP contribution >= 0.6 is 0 Å². The molecule has 0 radical (unpaired) electrons. The van der Waals surface area contributed by atoms with E-state index in [9.17, 15) is 4.79 Å². The Morgan fingerprint density at radius 3 is 2.89 bits per heavy atom. The number of H-pyrrole nitrogens is 1. The average Bonchev–Trinajstić information content (AvgIpc) is 3.13. The van der Waals surface area contributed by atoms with Crippen molar-refractivity contribution in [3.63, 3.8) is 0 Å². The number of benzene rings is 1. The molecule has 0 aliphatic rings. The van der Waals surface area contributed by atoms with E-state index in [-0.39, 0.29) is 5.82 Å². The number of aromatic amines is 1. The quantitative estimate of drug-likeness (QED) is 0.715. The minimum atomic E-state index is -0.437. The van der Waals surface area contributed by atoms with Crippen LogP contribution in [0, 0.1) is 0 Å². The number of hydrogen-bond donors (Lipinski definition) is 2. The Bertz CT molecular complexity index is 675. The Labute approximate surface area is 107 Å². The molecule has 1 aromatic carbocycles. The lowest BCUT2D eigenvalue weighted by molar-refractivity contribution is 0.101. The van der Waals surface area contributed by atoms with Gasteiger partial charge in [-0.15, -0.1) is 10.2 Å². The van der Waals surface area contributed by atoms with Gasteiger partial charge in [-0.2, -0.15) is 10.3 Å². The molecule has 94 valence electrons. The highest BCUT2D eigenvalue weighted by atomic mass is 16.2. The molecule has 8 nitrogen and oxygen atoms in total. The van der Waals surface area contributed by atoms with E-state index in [4.69, 9.17) is 0 Å². The van der Waals surface area contributed by atoms with Gasteiger partial charge in [0.15, 0.2) is 0 Å². The monoisotopic (exact) mass is 255 g/mol. The van der Waals surface area contributed by atoms with Crippen LogP contribution in [0.1, 0.15) is 10.6 Å². The van der Waals surface area contributed by atoms with Gasteiger partial charge in [0.1, 0.15) is 0 Å². The molecule has 8 heteroatoms. The number of anilines is 1. The van der Waals surface area contributed by atoms with Crippen molar-refractivity contribution in [3.8, 4) is 5.69 Å². The van der Waals surface area contributed by atoms with Gasteiger partial charge >= 0.3 is 0 Å². The third-order valence-electron chi connectivity index (χ3n) is 2.45. The van der Waals surface area contributed by atoms with Crippen LogP contribution in [0.2, 0.25) is 0 Å². The van der Waals surface area contributed by atoms with E-state index in [1.165, 1.54) is 0 Å². The molecule has 0 unspecified atom stereocenters. The first-order valence-corrected chi connectivity index (χ1v) is 5.48. The van der Waals surface area contributed by atoms with Crippen molar-refractivity contribution in [2.24, 2.45) is 0 Å². The number of carbonyl (C=O) groups excluding carboxylic acids is 1. The number of carbonyl (C=O) groups is 1. The SMILES string of the molecule is O=C(Nc1ccccc1-n1cccn1)c1nn[nH]n1. The maximum atomic E-state index is 11.9. The summed E-state index contributed by atoms with van der Waals surface area (Å²) in [4.78, 5) is 11.9. The molecule has 0 saturated heterocycles. The van der Waals surface area contributed by atoms with Crippen molar-refractivity contribution < 1.29 is 4.79 Å². The summed E-state index contributed by atoms with van der Waals surface area (Å²) < 4.78 is 1.66. The van der Waals surface area contributed by atoms with E-state index in [0.717, 1.165) is 5.69 Å². The van der Waals surface area contributed by atoms with Crippen molar-refractivity contribution >= 4 is 11.6 Å². The molecule has 2 aromatic heterocycles. The summed E-state index contributed by atoms with van der Waals surface area (Å²) in [7, 11) is 0. The Morgan fingerprint density at radius 1 is 1.26 bits per heavy atom. The van der Waals surface area contributed by atoms with Gasteiger partial charge in [-0.05, 0) is 23.4 Å². The van der Waals surface area contributed by atoms with Crippen LogP contribution in [0.3, 0.4) is 0 Å². The molecule has 3 aromatic rings. The molecule has 3 rings (SSSR count). The molecule has 1 amide bonds. The van der Waals surface area contributed by atoms with Crippen molar-refractivity contribution in [3.05, 3.63) is 48.5 Å². The van der Waals surface area contributed by atoms with Crippen LogP contribution in [0.4, 0.5) is 5.69 Å². The van der Waals surface area contributed by atoms with E-state index in [1.807, 2.05) is 18.2 Å². The van der Waals surface area contributed by atoms with Gasteiger partial charge in [0, 0.05) is 12.4 Å². The molecule has 19 heavy (non-hydrogen) atoms. The van der Waals surface area contributed by atoms with E-state index < -0.39 is 5.91 Å². The van der Waals surface area contributed by atoms with E-state index >= 15 is 0 Å². The summed E-state index contributed by atoms with van der Waals surface area (Å²) in [5, 5.41) is 19.7. The fourth-order valence-electron chi connectivity index (χ4n) is 1.63. The normalized spacial score (nSPS) is 10.3. The number of rotatable bonds is 3. The molecule has 0 saturated carbocycles. The molecule has 2 N–H and O–H groups in total. The van der Waals surface area contributed by atoms with Crippen molar-refractivity contribution in [1.82, 2.24) is 30.4 Å². The lowest BCUT2D eigenvalue weighted by atomic mass is 10.2. The Hall–Kier alpha value is -3.03. The Balaban J connectivity index is 1.92. The first-order valence-electron chi connectivity index (χ1n) is 5.48. The van der Waals surface area contributed by atoms with Gasteiger partial charge in [-0.1, -0.05) is 12.1 Å². The number of para-hydroxylation sites is 2. The molecule has 0 aliphatic carbocycles. The number of hydrogen-bond acceptors (Lipinski definition) is 5. The molecule has 2 heterocycles. The predicted octanol–water partition coefficient (Wildman–Crippen LogP) is 0.638. The molecular formula is C11H9N7O. The minimum Gasteiger partial charge on any atom is -0.317 e. The number of amides is 1. The maximum absolute atomic E-state index is 11.9. The van der Waals surface area contributed by atoms with Gasteiger partial charge in [-0.3, -0.25) is 4.79 Å². The van der Waals surface area contributed by atoms with Crippen LogP contribution in [-0.2, 0) is 0 Å². The van der Waals surface area contributed by atoms with Crippen LogP contribution in [0.15, 0.2) is 42.7 Å². The first-order chi connectivity index (χ1) is 9.34. The summed E-state index contributed by atoms with van der Waals surface area (Å²) in [5.74, 6) is -0.455. The minimum absolute atomic E-state index is 0.0183. The third-order valence-corrected chi connectivity index (χ3v) is 2.45. The number of aromatic nitrogens is 6. The lowest BCUT2D eigenvalue weighted by Gasteiger charge is -2.09. The van der Waals surface area contributed by atoms with Crippen molar-refractivity contribution in [1.29, 1.82) is 0 Å². The van der Waals surface area contributed by atoms with E-state index in [1.54, 1.807) is 29.2 Å².